The molecule has 0 amide bonds. The molecular formula is C17H26FNO. The van der Waals surface area contributed by atoms with E-state index in [1.54, 1.807) is 6.07 Å². The fourth-order valence-corrected chi connectivity index (χ4v) is 2.04. The summed E-state index contributed by atoms with van der Waals surface area (Å²) in [5.41, 5.74) is 1.22. The van der Waals surface area contributed by atoms with Gasteiger partial charge in [-0.2, -0.15) is 0 Å². The van der Waals surface area contributed by atoms with Crippen LogP contribution in [0.15, 0.2) is 18.2 Å². The molecule has 112 valence electrons. The van der Waals surface area contributed by atoms with Crippen molar-refractivity contribution in [2.75, 3.05) is 18.0 Å². The molecule has 0 aliphatic rings. The van der Waals surface area contributed by atoms with E-state index in [-0.39, 0.29) is 5.82 Å². The van der Waals surface area contributed by atoms with Crippen molar-refractivity contribution in [1.29, 1.82) is 0 Å². The molecule has 0 N–H and O–H groups in total. The van der Waals surface area contributed by atoms with Crippen LogP contribution in [0.5, 0.6) is 0 Å². The first-order valence-electron chi connectivity index (χ1n) is 7.43. The van der Waals surface area contributed by atoms with Crippen molar-refractivity contribution in [2.45, 2.75) is 40.5 Å². The minimum absolute atomic E-state index is 0.344. The van der Waals surface area contributed by atoms with Crippen LogP contribution in [0.1, 0.15) is 50.9 Å². The first kappa shape index (κ1) is 16.7. The Morgan fingerprint density at radius 1 is 1.05 bits per heavy atom. The molecule has 0 saturated heterocycles. The van der Waals surface area contributed by atoms with E-state index in [0.29, 0.717) is 23.7 Å². The van der Waals surface area contributed by atoms with Gasteiger partial charge in [-0.25, -0.2) is 4.39 Å². The van der Waals surface area contributed by atoms with E-state index >= 15 is 0 Å². The fraction of sp³-hybridized carbons (Fsp3) is 0.588. The fourth-order valence-electron chi connectivity index (χ4n) is 2.04. The minimum Gasteiger partial charge on any atom is -0.371 e. The van der Waals surface area contributed by atoms with Gasteiger partial charge in [0.2, 0.25) is 0 Å². The summed E-state index contributed by atoms with van der Waals surface area (Å²) in [5.74, 6) is 0.870. The van der Waals surface area contributed by atoms with Crippen LogP contribution in [-0.2, 0) is 0 Å². The normalized spacial score (nSPS) is 11.2. The molecule has 0 atom stereocenters. The Bertz CT molecular complexity index is 417. The molecule has 0 aromatic heterocycles. The maximum Gasteiger partial charge on any atom is 0.150 e. The molecule has 0 radical (unpaired) electrons. The molecular weight excluding hydrogens is 253 g/mol. The van der Waals surface area contributed by atoms with Gasteiger partial charge in [0, 0.05) is 24.3 Å². The standard InChI is InChI=1S/C17H26FNO/c1-13(2)5-7-19(8-6-14(3)4)17-10-15(12-20)9-16(18)11-17/h9-14H,5-8H2,1-4H3. The van der Waals surface area contributed by atoms with E-state index in [4.69, 9.17) is 0 Å². The number of benzene rings is 1. The first-order chi connectivity index (χ1) is 9.42. The molecule has 0 unspecified atom stereocenters. The molecule has 2 nitrogen and oxygen atoms in total. The van der Waals surface area contributed by atoms with Crippen molar-refractivity contribution >= 4 is 12.0 Å². The summed E-state index contributed by atoms with van der Waals surface area (Å²) < 4.78 is 13.6. The van der Waals surface area contributed by atoms with Crippen molar-refractivity contribution in [2.24, 2.45) is 11.8 Å². The Labute approximate surface area is 122 Å². The predicted molar refractivity (Wildman–Crippen MR) is 82.9 cm³/mol. The Balaban J connectivity index is 2.89. The molecule has 1 aromatic carbocycles. The Morgan fingerprint density at radius 2 is 1.60 bits per heavy atom. The van der Waals surface area contributed by atoms with Crippen LogP contribution in [0, 0.1) is 17.7 Å². The average Bonchev–Trinajstić information content (AvgIpc) is 2.37. The summed E-state index contributed by atoms with van der Waals surface area (Å²) in [6.45, 7) is 10.5. The Hall–Kier alpha value is -1.38. The smallest absolute Gasteiger partial charge is 0.150 e. The third kappa shape index (κ3) is 5.72. The minimum atomic E-state index is -0.344. The third-order valence-electron chi connectivity index (χ3n) is 3.36. The predicted octanol–water partition coefficient (Wildman–Crippen LogP) is 4.54. The van der Waals surface area contributed by atoms with Gasteiger partial charge in [-0.3, -0.25) is 4.79 Å². The molecule has 3 heteroatoms. The number of hydrogen-bond donors (Lipinski definition) is 0. The average molecular weight is 279 g/mol. The summed E-state index contributed by atoms with van der Waals surface area (Å²) >= 11 is 0. The Morgan fingerprint density at radius 3 is 2.05 bits per heavy atom. The quantitative estimate of drug-likeness (QED) is 0.651. The van der Waals surface area contributed by atoms with Crippen molar-refractivity contribution in [3.05, 3.63) is 29.6 Å². The van der Waals surface area contributed by atoms with Crippen LogP contribution in [0.4, 0.5) is 10.1 Å². The van der Waals surface area contributed by atoms with Gasteiger partial charge in [-0.05, 0) is 42.9 Å². The summed E-state index contributed by atoms with van der Waals surface area (Å²) in [5, 5.41) is 0. The lowest BCUT2D eigenvalue weighted by atomic mass is 10.1. The maximum absolute atomic E-state index is 13.6. The zero-order valence-corrected chi connectivity index (χ0v) is 13.0. The monoisotopic (exact) mass is 279 g/mol. The van der Waals surface area contributed by atoms with E-state index in [1.807, 2.05) is 0 Å². The highest BCUT2D eigenvalue weighted by molar-refractivity contribution is 5.77. The molecule has 0 spiro atoms. The molecule has 20 heavy (non-hydrogen) atoms. The van der Waals surface area contributed by atoms with Gasteiger partial charge in [0.15, 0.2) is 0 Å². The van der Waals surface area contributed by atoms with Gasteiger partial charge >= 0.3 is 0 Å². The lowest BCUT2D eigenvalue weighted by molar-refractivity contribution is 0.112. The number of hydrogen-bond acceptors (Lipinski definition) is 2. The molecule has 1 aromatic rings. The molecule has 0 aliphatic carbocycles. The number of rotatable bonds is 8. The van der Waals surface area contributed by atoms with Crippen molar-refractivity contribution in [1.82, 2.24) is 0 Å². The number of carbonyl (C=O) groups is 1. The van der Waals surface area contributed by atoms with E-state index in [1.165, 1.54) is 12.1 Å². The van der Waals surface area contributed by atoms with Crippen LogP contribution < -0.4 is 4.90 Å². The van der Waals surface area contributed by atoms with Gasteiger partial charge in [-0.1, -0.05) is 27.7 Å². The van der Waals surface area contributed by atoms with E-state index in [2.05, 4.69) is 32.6 Å². The van der Waals surface area contributed by atoms with Crippen molar-refractivity contribution < 1.29 is 9.18 Å². The first-order valence-corrected chi connectivity index (χ1v) is 7.43. The van der Waals surface area contributed by atoms with Crippen LogP contribution >= 0.6 is 0 Å². The topological polar surface area (TPSA) is 20.3 Å². The number of nitrogens with zero attached hydrogens (tertiary/aromatic N) is 1. The lowest BCUT2D eigenvalue weighted by Gasteiger charge is -2.27. The summed E-state index contributed by atoms with van der Waals surface area (Å²) in [7, 11) is 0. The number of carbonyl (C=O) groups excluding carboxylic acids is 1. The number of anilines is 1. The summed E-state index contributed by atoms with van der Waals surface area (Å²) in [6, 6.07) is 4.57. The maximum atomic E-state index is 13.6. The van der Waals surface area contributed by atoms with Crippen molar-refractivity contribution in [3.8, 4) is 0 Å². The largest absolute Gasteiger partial charge is 0.371 e. The molecule has 0 fully saturated rings. The van der Waals surface area contributed by atoms with E-state index < -0.39 is 0 Å². The van der Waals surface area contributed by atoms with Gasteiger partial charge in [-0.15, -0.1) is 0 Å². The highest BCUT2D eigenvalue weighted by Gasteiger charge is 2.11. The van der Waals surface area contributed by atoms with Gasteiger partial charge in [0.05, 0.1) is 0 Å². The second-order valence-electron chi connectivity index (χ2n) is 6.21. The Kier molecular flexibility index (Phi) is 6.69. The molecule has 0 aliphatic heterocycles. The van der Waals surface area contributed by atoms with Gasteiger partial charge < -0.3 is 4.90 Å². The van der Waals surface area contributed by atoms with Gasteiger partial charge in [0.1, 0.15) is 12.1 Å². The van der Waals surface area contributed by atoms with E-state index in [0.717, 1.165) is 31.6 Å². The van der Waals surface area contributed by atoms with E-state index in [9.17, 15) is 9.18 Å². The van der Waals surface area contributed by atoms with Crippen molar-refractivity contribution in [3.63, 3.8) is 0 Å². The highest BCUT2D eigenvalue weighted by atomic mass is 19.1. The number of halogens is 1. The van der Waals surface area contributed by atoms with Crippen LogP contribution in [0.2, 0.25) is 0 Å². The second kappa shape index (κ2) is 8.03. The lowest BCUT2D eigenvalue weighted by Crippen LogP contribution is -2.27. The highest BCUT2D eigenvalue weighted by Crippen LogP contribution is 2.20. The molecule has 0 heterocycles. The van der Waals surface area contributed by atoms with Gasteiger partial charge in [0.25, 0.3) is 0 Å². The van der Waals surface area contributed by atoms with Crippen LogP contribution in [0.3, 0.4) is 0 Å². The summed E-state index contributed by atoms with van der Waals surface area (Å²) in [4.78, 5) is 13.1. The third-order valence-corrected chi connectivity index (χ3v) is 3.36. The SMILES string of the molecule is CC(C)CCN(CCC(C)C)c1cc(F)cc(C=O)c1. The molecule has 1 rings (SSSR count). The zero-order chi connectivity index (χ0) is 15.1. The zero-order valence-electron chi connectivity index (χ0n) is 13.0. The molecule has 0 bridgehead atoms. The van der Waals surface area contributed by atoms with Crippen LogP contribution in [-0.4, -0.2) is 19.4 Å². The second-order valence-corrected chi connectivity index (χ2v) is 6.21. The summed E-state index contributed by atoms with van der Waals surface area (Å²) in [6.07, 6.45) is 2.83. The van der Waals surface area contributed by atoms with Crippen LogP contribution in [0.25, 0.3) is 0 Å². The number of aldehydes is 1. The molecule has 0 saturated carbocycles.